The van der Waals surface area contributed by atoms with Crippen LogP contribution in [0.25, 0.3) is 0 Å². The lowest BCUT2D eigenvalue weighted by Crippen LogP contribution is -2.34. The van der Waals surface area contributed by atoms with Gasteiger partial charge in [-0.2, -0.15) is 13.2 Å². The molecule has 360 valence electrons. The topological polar surface area (TPSA) is 178 Å². The highest BCUT2D eigenvalue weighted by molar-refractivity contribution is 5.96. The number of carbonyl (C=O) groups excluding carboxylic acids is 2. The minimum atomic E-state index is -4.48. The maximum Gasteiger partial charge on any atom is 0.416 e. The first-order valence-corrected chi connectivity index (χ1v) is 21.0. The van der Waals surface area contributed by atoms with Gasteiger partial charge in [0.25, 0.3) is 0 Å². The van der Waals surface area contributed by atoms with E-state index in [1.807, 2.05) is 0 Å². The van der Waals surface area contributed by atoms with Gasteiger partial charge in [-0.25, -0.2) is 9.59 Å². The van der Waals surface area contributed by atoms with Gasteiger partial charge in [0, 0.05) is 12.2 Å². The van der Waals surface area contributed by atoms with Crippen molar-refractivity contribution in [3.05, 3.63) is 59.7 Å². The lowest BCUT2D eigenvalue weighted by atomic mass is 10.1. The zero-order valence-electron chi connectivity index (χ0n) is 36.8. The van der Waals surface area contributed by atoms with Gasteiger partial charge in [0.1, 0.15) is 12.2 Å². The van der Waals surface area contributed by atoms with Crippen LogP contribution in [-0.2, 0) is 67.8 Å². The largest absolute Gasteiger partial charge is 0.460 e. The van der Waals surface area contributed by atoms with Crippen LogP contribution in [0, 0.1) is 0 Å². The number of benzene rings is 2. The first-order valence-electron chi connectivity index (χ1n) is 21.0. The van der Waals surface area contributed by atoms with Crippen molar-refractivity contribution in [2.75, 3.05) is 164 Å². The van der Waals surface area contributed by atoms with Crippen LogP contribution >= 0.6 is 0 Å². The Kier molecular flexibility index (Phi) is 31.4. The Bertz CT molecular complexity index is 1450. The highest BCUT2D eigenvalue weighted by atomic mass is 19.4. The monoisotopic (exact) mass is 908 g/mol. The maximum atomic E-state index is 13.1. The maximum absolute atomic E-state index is 13.1. The van der Waals surface area contributed by atoms with Crippen LogP contribution in [0.5, 0.6) is 0 Å². The van der Waals surface area contributed by atoms with Crippen LogP contribution in [0.1, 0.15) is 36.7 Å². The van der Waals surface area contributed by atoms with Gasteiger partial charge in [-0.1, -0.05) is 18.2 Å². The molecule has 20 heteroatoms. The smallest absolute Gasteiger partial charge is 0.416 e. The van der Waals surface area contributed by atoms with E-state index in [0.717, 1.165) is 12.1 Å². The predicted molar refractivity (Wildman–Crippen MR) is 225 cm³/mol. The molecule has 0 aliphatic heterocycles. The van der Waals surface area contributed by atoms with E-state index in [1.165, 1.54) is 18.2 Å². The van der Waals surface area contributed by atoms with E-state index in [9.17, 15) is 22.8 Å². The number of nitrogens with one attached hydrogen (secondary N) is 2. The minimum absolute atomic E-state index is 0.00912. The molecule has 0 saturated heterocycles. The van der Waals surface area contributed by atoms with Crippen LogP contribution in [0.15, 0.2) is 48.5 Å². The Morgan fingerprint density at radius 1 is 0.492 bits per heavy atom. The summed E-state index contributed by atoms with van der Waals surface area (Å²) in [5, 5.41) is 5.48. The van der Waals surface area contributed by atoms with Gasteiger partial charge in [0.2, 0.25) is 0 Å². The zero-order valence-corrected chi connectivity index (χ0v) is 36.8. The van der Waals surface area contributed by atoms with Crippen molar-refractivity contribution in [3.8, 4) is 0 Å². The fourth-order valence-corrected chi connectivity index (χ4v) is 4.81. The average Bonchev–Trinajstić information content (AvgIpc) is 3.24. The van der Waals surface area contributed by atoms with Crippen molar-refractivity contribution in [2.24, 2.45) is 0 Å². The van der Waals surface area contributed by atoms with Gasteiger partial charge in [-0.05, 0) is 51.1 Å². The van der Waals surface area contributed by atoms with E-state index in [4.69, 9.17) is 61.6 Å². The van der Waals surface area contributed by atoms with Crippen molar-refractivity contribution in [1.82, 2.24) is 5.32 Å². The molecule has 2 aromatic carbocycles. The molecule has 0 saturated carbocycles. The first kappa shape index (κ1) is 55.5. The summed E-state index contributed by atoms with van der Waals surface area (Å²) in [6, 6.07) is 11.1. The molecule has 0 radical (unpaired) electrons. The summed E-state index contributed by atoms with van der Waals surface area (Å²) in [5.41, 5.74) is -0.637. The fraction of sp³-hybridized carbons (Fsp3) is 0.674. The van der Waals surface area contributed by atoms with Crippen molar-refractivity contribution in [1.29, 1.82) is 0 Å². The summed E-state index contributed by atoms with van der Waals surface area (Å²) in [6.07, 6.45) is -4.95. The highest BCUT2D eigenvalue weighted by Gasteiger charge is 2.30. The van der Waals surface area contributed by atoms with E-state index >= 15 is 0 Å². The van der Waals surface area contributed by atoms with Crippen LogP contribution in [0.4, 0.5) is 29.3 Å². The van der Waals surface area contributed by atoms with Crippen molar-refractivity contribution < 1.29 is 84.3 Å². The lowest BCUT2D eigenvalue weighted by Gasteiger charge is -2.19. The lowest BCUT2D eigenvalue weighted by molar-refractivity contribution is -0.137. The summed E-state index contributed by atoms with van der Waals surface area (Å²) in [4.78, 5) is 24.1. The summed E-state index contributed by atoms with van der Waals surface area (Å²) in [7, 11) is 0. The number of hydrogen-bond donors (Lipinski definition) is 2. The molecule has 0 spiro atoms. The summed E-state index contributed by atoms with van der Waals surface area (Å²) in [5.74, 6) is -0.634. The second-order valence-electron chi connectivity index (χ2n) is 14.0. The number of rotatable bonds is 39. The second-order valence-corrected chi connectivity index (χ2v) is 14.0. The highest BCUT2D eigenvalue weighted by Crippen LogP contribution is 2.32. The van der Waals surface area contributed by atoms with E-state index in [2.05, 4.69) is 10.6 Å². The molecule has 0 bridgehead atoms. The number of amides is 1. The average molecular weight is 909 g/mol. The number of halogens is 3. The molecule has 0 unspecified atom stereocenters. The standard InChI is InChI=1S/C43H67F3N2O15/c1-42(2,3)63-41(50)47-11-12-51-13-14-52-15-16-53-17-18-54-19-20-55-21-22-56-23-24-57-25-26-58-27-28-59-29-30-60-31-32-61-33-34-62-40(49)38-9-4-5-10-39(38)48-37-8-6-7-36(35-37)43(44,45)46/h4-10,35,48H,11-34H2,1-3H3,(H,47,50). The van der Waals surface area contributed by atoms with Crippen LogP contribution in [0.2, 0.25) is 0 Å². The zero-order chi connectivity index (χ0) is 45.7. The Morgan fingerprint density at radius 3 is 1.27 bits per heavy atom. The summed E-state index contributed by atoms with van der Waals surface area (Å²) < 4.78 is 110. The molecule has 0 fully saturated rings. The van der Waals surface area contributed by atoms with E-state index in [1.54, 1.807) is 39.0 Å². The van der Waals surface area contributed by atoms with E-state index in [0.29, 0.717) is 151 Å². The third-order valence-electron chi connectivity index (χ3n) is 7.71. The molecule has 1 amide bonds. The van der Waals surface area contributed by atoms with E-state index in [-0.39, 0.29) is 24.5 Å². The van der Waals surface area contributed by atoms with Gasteiger partial charge in [0.05, 0.1) is 162 Å². The van der Waals surface area contributed by atoms with Gasteiger partial charge in [-0.15, -0.1) is 0 Å². The molecular formula is C43H67F3N2O15. The molecule has 0 aliphatic carbocycles. The third-order valence-corrected chi connectivity index (χ3v) is 7.71. The van der Waals surface area contributed by atoms with Crippen molar-refractivity contribution in [2.45, 2.75) is 32.5 Å². The Labute approximate surface area is 368 Å². The molecular weight excluding hydrogens is 841 g/mol. The third kappa shape index (κ3) is 31.8. The van der Waals surface area contributed by atoms with E-state index < -0.39 is 29.4 Å². The number of alkyl carbamates (subject to hydrolysis) is 1. The number of ether oxygens (including phenoxy) is 13. The van der Waals surface area contributed by atoms with Crippen molar-refractivity contribution >= 4 is 23.4 Å². The molecule has 0 aromatic heterocycles. The predicted octanol–water partition coefficient (Wildman–Crippen LogP) is 5.31. The Hall–Kier alpha value is -3.67. The minimum Gasteiger partial charge on any atom is -0.460 e. The second kappa shape index (κ2) is 35.7. The van der Waals surface area contributed by atoms with Gasteiger partial charge in [0.15, 0.2) is 0 Å². The van der Waals surface area contributed by atoms with Crippen LogP contribution in [-0.4, -0.2) is 176 Å². The van der Waals surface area contributed by atoms with Gasteiger partial charge >= 0.3 is 18.2 Å². The Balaban J connectivity index is 1.24. The number of anilines is 2. The number of carbonyl (C=O) groups is 2. The molecule has 2 N–H and O–H groups in total. The molecule has 63 heavy (non-hydrogen) atoms. The first-order chi connectivity index (χ1) is 30.5. The number of hydrogen-bond acceptors (Lipinski definition) is 16. The molecule has 0 heterocycles. The molecule has 2 aromatic rings. The number of esters is 1. The van der Waals surface area contributed by atoms with Gasteiger partial charge in [-0.3, -0.25) is 0 Å². The quantitative estimate of drug-likeness (QED) is 0.0651. The van der Waals surface area contributed by atoms with Gasteiger partial charge < -0.3 is 72.2 Å². The fourth-order valence-electron chi connectivity index (χ4n) is 4.81. The number of alkyl halides is 3. The molecule has 2 rings (SSSR count). The number of para-hydroxylation sites is 1. The molecule has 0 atom stereocenters. The normalized spacial score (nSPS) is 11.8. The van der Waals surface area contributed by atoms with Crippen LogP contribution < -0.4 is 10.6 Å². The van der Waals surface area contributed by atoms with Crippen LogP contribution in [0.3, 0.4) is 0 Å². The Morgan fingerprint density at radius 2 is 0.873 bits per heavy atom. The molecule has 0 aliphatic rings. The molecule has 17 nitrogen and oxygen atoms in total. The summed E-state index contributed by atoms with van der Waals surface area (Å²) >= 11 is 0. The SMILES string of the molecule is CC(C)(C)OC(=O)NCCOCCOCCOCCOCCOCCOCCOCCOCCOCCOCCOCCOC(=O)c1ccccc1Nc1cccc(C(F)(F)F)c1. The van der Waals surface area contributed by atoms with Crippen molar-refractivity contribution in [3.63, 3.8) is 0 Å². The summed E-state index contributed by atoms with van der Waals surface area (Å²) in [6.45, 7) is 14.8.